The highest BCUT2D eigenvalue weighted by molar-refractivity contribution is 9.10. The first-order valence-electron chi connectivity index (χ1n) is 9.55. The fourth-order valence-corrected chi connectivity index (χ4v) is 5.41. The molecule has 0 bridgehead atoms. The van der Waals surface area contributed by atoms with Crippen molar-refractivity contribution in [2.75, 3.05) is 33.7 Å². The minimum absolute atomic E-state index is 0.0974. The third-order valence-corrected chi connectivity index (χ3v) is 7.49. The molecule has 2 aromatic rings. The molecule has 0 saturated carbocycles. The zero-order chi connectivity index (χ0) is 21.0. The topological polar surface area (TPSA) is 69.7 Å². The molecule has 0 aromatic heterocycles. The van der Waals surface area contributed by atoms with E-state index in [9.17, 15) is 13.2 Å². The summed E-state index contributed by atoms with van der Waals surface area (Å²) in [5.41, 5.74) is 2.00. The lowest BCUT2D eigenvalue weighted by molar-refractivity contribution is -0.122. The van der Waals surface area contributed by atoms with Crippen LogP contribution in [0, 0.1) is 0 Å². The van der Waals surface area contributed by atoms with Crippen molar-refractivity contribution >= 4 is 31.9 Å². The van der Waals surface area contributed by atoms with Crippen molar-refractivity contribution in [2.24, 2.45) is 0 Å². The van der Waals surface area contributed by atoms with Gasteiger partial charge in [-0.15, -0.1) is 0 Å². The highest BCUT2D eigenvalue weighted by atomic mass is 79.9. The van der Waals surface area contributed by atoms with Crippen molar-refractivity contribution in [2.45, 2.75) is 23.8 Å². The van der Waals surface area contributed by atoms with Crippen LogP contribution in [-0.4, -0.2) is 57.3 Å². The fourth-order valence-electron chi connectivity index (χ4n) is 3.54. The lowest BCUT2D eigenvalue weighted by Crippen LogP contribution is -2.42. The Morgan fingerprint density at radius 2 is 1.86 bits per heavy atom. The van der Waals surface area contributed by atoms with Crippen LogP contribution in [0.5, 0.6) is 0 Å². The average Bonchev–Trinajstić information content (AvgIpc) is 2.68. The Hall–Kier alpha value is -1.74. The van der Waals surface area contributed by atoms with Gasteiger partial charge in [-0.2, -0.15) is 4.31 Å². The number of rotatable bonds is 7. The minimum atomic E-state index is -3.73. The zero-order valence-corrected chi connectivity index (χ0v) is 19.0. The third-order valence-electron chi connectivity index (χ3n) is 5.04. The summed E-state index contributed by atoms with van der Waals surface area (Å²) in [6.45, 7) is 1.61. The summed E-state index contributed by atoms with van der Waals surface area (Å²) in [5, 5.41) is 2.90. The molecule has 0 spiro atoms. The first kappa shape index (κ1) is 22.0. The lowest BCUT2D eigenvalue weighted by Gasteiger charge is -2.36. The molecule has 156 valence electrons. The predicted octanol–water partition coefficient (Wildman–Crippen LogP) is 2.81. The standard InChI is InChI=1S/C21H26BrN3O3S/c1-24(2)14-12-23-21(26)15-20-19-6-4-3-5-16(19)11-13-25(20)29(27,28)18-9-7-17(22)8-10-18/h3-10,20H,11-15H2,1-2H3,(H,23,26)/t20-/m0/s1. The SMILES string of the molecule is CN(C)CCNC(=O)C[C@H]1c2ccccc2CCN1S(=O)(=O)c1ccc(Br)cc1. The molecule has 0 saturated heterocycles. The van der Waals surface area contributed by atoms with Gasteiger partial charge in [-0.3, -0.25) is 4.79 Å². The first-order valence-corrected chi connectivity index (χ1v) is 11.8. The van der Waals surface area contributed by atoms with Crippen LogP contribution in [0.1, 0.15) is 23.6 Å². The third kappa shape index (κ3) is 5.25. The summed E-state index contributed by atoms with van der Waals surface area (Å²) in [4.78, 5) is 14.8. The second-order valence-electron chi connectivity index (χ2n) is 7.39. The van der Waals surface area contributed by atoms with E-state index in [-0.39, 0.29) is 17.2 Å². The van der Waals surface area contributed by atoms with Crippen LogP contribution in [0.4, 0.5) is 0 Å². The van der Waals surface area contributed by atoms with Crippen LogP contribution in [0.25, 0.3) is 0 Å². The van der Waals surface area contributed by atoms with Gasteiger partial charge in [0.05, 0.1) is 10.9 Å². The number of likely N-dealkylation sites (N-methyl/N-ethyl adjacent to an activating group) is 1. The molecular formula is C21H26BrN3O3S. The molecule has 2 aromatic carbocycles. The molecule has 1 aliphatic rings. The highest BCUT2D eigenvalue weighted by Crippen LogP contribution is 2.36. The second-order valence-corrected chi connectivity index (χ2v) is 10.2. The Morgan fingerprint density at radius 3 is 2.55 bits per heavy atom. The van der Waals surface area contributed by atoms with Crippen molar-refractivity contribution < 1.29 is 13.2 Å². The van der Waals surface area contributed by atoms with E-state index in [1.807, 2.05) is 43.3 Å². The van der Waals surface area contributed by atoms with Crippen LogP contribution in [0.2, 0.25) is 0 Å². The lowest BCUT2D eigenvalue weighted by atomic mass is 9.92. The van der Waals surface area contributed by atoms with Gasteiger partial charge in [-0.1, -0.05) is 40.2 Å². The summed E-state index contributed by atoms with van der Waals surface area (Å²) in [6, 6.07) is 13.9. The summed E-state index contributed by atoms with van der Waals surface area (Å²) in [5.74, 6) is -0.149. The summed E-state index contributed by atoms with van der Waals surface area (Å²) in [6.07, 6.45) is 0.727. The Morgan fingerprint density at radius 1 is 1.17 bits per heavy atom. The number of amides is 1. The molecule has 0 aliphatic carbocycles. The van der Waals surface area contributed by atoms with Gasteiger partial charge in [0.2, 0.25) is 15.9 Å². The maximum atomic E-state index is 13.4. The van der Waals surface area contributed by atoms with Gasteiger partial charge in [0.15, 0.2) is 0 Å². The molecule has 0 fully saturated rings. The predicted molar refractivity (Wildman–Crippen MR) is 117 cm³/mol. The minimum Gasteiger partial charge on any atom is -0.355 e. The molecule has 1 amide bonds. The van der Waals surface area contributed by atoms with Crippen LogP contribution < -0.4 is 5.32 Å². The molecule has 1 N–H and O–H groups in total. The smallest absolute Gasteiger partial charge is 0.243 e. The van der Waals surface area contributed by atoms with E-state index < -0.39 is 16.1 Å². The Bertz CT molecular complexity index is 961. The van der Waals surface area contributed by atoms with Crippen molar-refractivity contribution in [1.29, 1.82) is 0 Å². The van der Waals surface area contributed by atoms with E-state index in [0.29, 0.717) is 19.5 Å². The fraction of sp³-hybridized carbons (Fsp3) is 0.381. The number of fused-ring (bicyclic) bond motifs is 1. The van der Waals surface area contributed by atoms with Crippen molar-refractivity contribution in [3.63, 3.8) is 0 Å². The average molecular weight is 480 g/mol. The molecule has 6 nitrogen and oxygen atoms in total. The molecule has 1 aliphatic heterocycles. The molecule has 3 rings (SSSR count). The van der Waals surface area contributed by atoms with Crippen LogP contribution >= 0.6 is 15.9 Å². The van der Waals surface area contributed by atoms with Crippen molar-refractivity contribution in [3.05, 3.63) is 64.1 Å². The van der Waals surface area contributed by atoms with Crippen LogP contribution in [0.15, 0.2) is 57.9 Å². The number of nitrogens with one attached hydrogen (secondary N) is 1. The quantitative estimate of drug-likeness (QED) is 0.662. The number of sulfonamides is 1. The number of carbonyl (C=O) groups is 1. The molecule has 1 atom stereocenters. The largest absolute Gasteiger partial charge is 0.355 e. The van der Waals surface area contributed by atoms with Crippen molar-refractivity contribution in [1.82, 2.24) is 14.5 Å². The van der Waals surface area contributed by atoms with Gasteiger partial charge in [0.1, 0.15) is 0 Å². The normalized spacial score (nSPS) is 17.2. The van der Waals surface area contributed by atoms with Gasteiger partial charge in [0, 0.05) is 30.5 Å². The van der Waals surface area contributed by atoms with E-state index >= 15 is 0 Å². The Kier molecular flexibility index (Phi) is 7.10. The molecule has 29 heavy (non-hydrogen) atoms. The van der Waals surface area contributed by atoms with E-state index in [0.717, 1.165) is 22.1 Å². The maximum absolute atomic E-state index is 13.4. The molecule has 0 radical (unpaired) electrons. The number of benzene rings is 2. The van der Waals surface area contributed by atoms with Crippen LogP contribution in [0.3, 0.4) is 0 Å². The highest BCUT2D eigenvalue weighted by Gasteiger charge is 2.37. The number of hydrogen-bond acceptors (Lipinski definition) is 4. The molecule has 0 unspecified atom stereocenters. The van der Waals surface area contributed by atoms with Crippen molar-refractivity contribution in [3.8, 4) is 0 Å². The van der Waals surface area contributed by atoms with E-state index in [1.165, 1.54) is 4.31 Å². The van der Waals surface area contributed by atoms with Gasteiger partial charge in [0.25, 0.3) is 0 Å². The Balaban J connectivity index is 1.89. The van der Waals surface area contributed by atoms with Gasteiger partial charge < -0.3 is 10.2 Å². The zero-order valence-electron chi connectivity index (χ0n) is 16.6. The summed E-state index contributed by atoms with van der Waals surface area (Å²) >= 11 is 3.34. The molecule has 8 heteroatoms. The number of nitrogens with zero attached hydrogens (tertiary/aromatic N) is 2. The monoisotopic (exact) mass is 479 g/mol. The van der Waals surface area contributed by atoms with Gasteiger partial charge in [-0.25, -0.2) is 8.42 Å². The summed E-state index contributed by atoms with van der Waals surface area (Å²) in [7, 11) is 0.155. The van der Waals surface area contributed by atoms with Gasteiger partial charge >= 0.3 is 0 Å². The van der Waals surface area contributed by atoms with E-state index in [1.54, 1.807) is 24.3 Å². The second kappa shape index (κ2) is 9.38. The number of hydrogen-bond donors (Lipinski definition) is 1. The van der Waals surface area contributed by atoms with Crippen LogP contribution in [-0.2, 0) is 21.2 Å². The van der Waals surface area contributed by atoms with E-state index in [2.05, 4.69) is 21.2 Å². The first-order chi connectivity index (χ1) is 13.8. The number of halogens is 1. The Labute approximate surface area is 181 Å². The maximum Gasteiger partial charge on any atom is 0.243 e. The van der Waals surface area contributed by atoms with E-state index in [4.69, 9.17) is 0 Å². The molecule has 1 heterocycles. The number of carbonyl (C=O) groups excluding carboxylic acids is 1. The summed E-state index contributed by atoms with van der Waals surface area (Å²) < 4.78 is 29.0. The van der Waals surface area contributed by atoms with Gasteiger partial charge in [-0.05, 0) is 55.9 Å². The molecular weight excluding hydrogens is 454 g/mol.